The van der Waals surface area contributed by atoms with Crippen molar-refractivity contribution in [3.05, 3.63) is 98.6 Å². The molecule has 0 radical (unpaired) electrons. The van der Waals surface area contributed by atoms with Crippen molar-refractivity contribution >= 4 is 66.3 Å². The van der Waals surface area contributed by atoms with Crippen LogP contribution in [0.15, 0.2) is 70.3 Å². The van der Waals surface area contributed by atoms with Crippen molar-refractivity contribution in [3.63, 3.8) is 0 Å². The van der Waals surface area contributed by atoms with E-state index in [9.17, 15) is 23.2 Å². The molecular formula is C31H26F2N6O6S2. The highest BCUT2D eigenvalue weighted by Crippen LogP contribution is 2.31. The summed E-state index contributed by atoms with van der Waals surface area (Å²) in [6.07, 6.45) is 0.250. The maximum atomic E-state index is 13.2. The highest BCUT2D eigenvalue weighted by atomic mass is 32.1. The number of carbonyl (C=O) groups is 1. The van der Waals surface area contributed by atoms with Gasteiger partial charge in [0.25, 0.3) is 17.6 Å². The number of rotatable bonds is 6. The summed E-state index contributed by atoms with van der Waals surface area (Å²) in [4.78, 5) is 65.9. The van der Waals surface area contributed by atoms with Crippen LogP contribution in [0.2, 0.25) is 0 Å². The fraction of sp³-hybridized carbons (Fsp3) is 0.161. The number of carbonyl (C=O) groups excluding carboxylic acids is 3. The second-order valence-electron chi connectivity index (χ2n) is 10.0. The quantitative estimate of drug-likeness (QED) is 0.230. The molecule has 0 saturated heterocycles. The Labute approximate surface area is 273 Å². The van der Waals surface area contributed by atoms with Gasteiger partial charge in [-0.2, -0.15) is 9.59 Å². The molecule has 16 heteroatoms. The maximum absolute atomic E-state index is 13.2. The van der Waals surface area contributed by atoms with Crippen molar-refractivity contribution in [2.24, 2.45) is 0 Å². The van der Waals surface area contributed by atoms with Crippen molar-refractivity contribution < 1.29 is 27.9 Å². The van der Waals surface area contributed by atoms with E-state index >= 15 is 0 Å². The van der Waals surface area contributed by atoms with E-state index in [-0.39, 0.29) is 29.7 Å². The Bertz CT molecular complexity index is 2200. The molecule has 4 heterocycles. The zero-order valence-corrected chi connectivity index (χ0v) is 27.2. The molecular weight excluding hydrogens is 655 g/mol. The molecule has 0 aliphatic rings. The van der Waals surface area contributed by atoms with E-state index in [0.29, 0.717) is 32.4 Å². The molecule has 0 aliphatic heterocycles. The first-order valence-corrected chi connectivity index (χ1v) is 15.1. The van der Waals surface area contributed by atoms with Gasteiger partial charge in [0, 0.05) is 39.8 Å². The number of hydrogen-bond donors (Lipinski definition) is 0. The monoisotopic (exact) mass is 680 g/mol. The Morgan fingerprint density at radius 3 is 1.55 bits per heavy atom. The SMILES string of the molecule is CN(C)c1nc2cc(OC=O)c(=O)n(-c3ccc(F)cc3)c2s1.Cc1cc2nc(N(C)C)sc2n(-c2ccc(F)cc2)c1=O.O=C=O. The molecule has 47 heavy (non-hydrogen) atoms. The van der Waals surface area contributed by atoms with Crippen molar-refractivity contribution in [1.82, 2.24) is 19.1 Å². The van der Waals surface area contributed by atoms with Crippen LogP contribution in [-0.4, -0.2) is 59.9 Å². The maximum Gasteiger partial charge on any atom is 0.373 e. The molecule has 2 aromatic carbocycles. The van der Waals surface area contributed by atoms with Crippen LogP contribution < -0.4 is 25.7 Å². The molecule has 6 rings (SSSR count). The van der Waals surface area contributed by atoms with Gasteiger partial charge in [-0.05, 0) is 61.5 Å². The Morgan fingerprint density at radius 2 is 1.15 bits per heavy atom. The molecule has 0 bridgehead atoms. The molecule has 0 saturated carbocycles. The third-order valence-electron chi connectivity index (χ3n) is 6.34. The lowest BCUT2D eigenvalue weighted by Crippen LogP contribution is -2.20. The normalized spacial score (nSPS) is 10.4. The minimum atomic E-state index is -0.509. The van der Waals surface area contributed by atoms with Gasteiger partial charge in [-0.1, -0.05) is 22.7 Å². The zero-order valence-electron chi connectivity index (χ0n) is 25.6. The van der Waals surface area contributed by atoms with E-state index in [1.165, 1.54) is 69.7 Å². The number of nitrogens with zero attached hydrogens (tertiary/aromatic N) is 6. The minimum Gasteiger partial charge on any atom is -0.423 e. The summed E-state index contributed by atoms with van der Waals surface area (Å²) in [5.74, 6) is -0.863. The van der Waals surface area contributed by atoms with Gasteiger partial charge in [-0.25, -0.2) is 18.7 Å². The fourth-order valence-corrected chi connectivity index (χ4v) is 6.20. The van der Waals surface area contributed by atoms with Crippen molar-refractivity contribution in [1.29, 1.82) is 0 Å². The number of pyridine rings is 2. The van der Waals surface area contributed by atoms with Crippen LogP contribution >= 0.6 is 22.7 Å². The summed E-state index contributed by atoms with van der Waals surface area (Å²) in [5.41, 5.74) is 2.39. The molecule has 0 N–H and O–H groups in total. The van der Waals surface area contributed by atoms with Gasteiger partial charge in [-0.15, -0.1) is 0 Å². The minimum absolute atomic E-state index is 0.108. The Hall–Kier alpha value is -5.57. The second kappa shape index (κ2) is 14.7. The van der Waals surface area contributed by atoms with Gasteiger partial charge in [0.05, 0.1) is 11.4 Å². The van der Waals surface area contributed by atoms with Crippen LogP contribution in [0.3, 0.4) is 0 Å². The lowest BCUT2D eigenvalue weighted by molar-refractivity contribution is -0.191. The second-order valence-corrected chi connectivity index (χ2v) is 11.9. The van der Waals surface area contributed by atoms with E-state index in [1.54, 1.807) is 29.7 Å². The lowest BCUT2D eigenvalue weighted by Gasteiger charge is -2.08. The van der Waals surface area contributed by atoms with Crippen LogP contribution in [0.25, 0.3) is 32.1 Å². The van der Waals surface area contributed by atoms with Crippen molar-refractivity contribution in [2.45, 2.75) is 6.92 Å². The summed E-state index contributed by atoms with van der Waals surface area (Å²) < 4.78 is 34.0. The molecule has 0 fully saturated rings. The van der Waals surface area contributed by atoms with Crippen molar-refractivity contribution in [3.8, 4) is 17.1 Å². The number of aryl methyl sites for hydroxylation is 1. The number of anilines is 2. The van der Waals surface area contributed by atoms with Gasteiger partial charge in [0.2, 0.25) is 0 Å². The molecule has 0 atom stereocenters. The summed E-state index contributed by atoms with van der Waals surface area (Å²) in [5, 5.41) is 1.52. The Kier molecular flexibility index (Phi) is 10.7. The third kappa shape index (κ3) is 7.47. The van der Waals surface area contributed by atoms with E-state index in [2.05, 4.69) is 9.97 Å². The average molecular weight is 681 g/mol. The number of ether oxygens (including phenoxy) is 1. The summed E-state index contributed by atoms with van der Waals surface area (Å²) in [6.45, 7) is 1.95. The van der Waals surface area contributed by atoms with E-state index in [4.69, 9.17) is 14.3 Å². The molecule has 0 aliphatic carbocycles. The van der Waals surface area contributed by atoms with Crippen LogP contribution in [0.1, 0.15) is 5.56 Å². The molecule has 6 aromatic rings. The van der Waals surface area contributed by atoms with Gasteiger partial charge >= 0.3 is 6.15 Å². The first-order valence-electron chi connectivity index (χ1n) is 13.5. The Morgan fingerprint density at radius 1 is 0.745 bits per heavy atom. The average Bonchev–Trinajstić information content (AvgIpc) is 3.65. The van der Waals surface area contributed by atoms with Crippen molar-refractivity contribution in [2.75, 3.05) is 38.0 Å². The zero-order chi connectivity index (χ0) is 34.4. The molecule has 12 nitrogen and oxygen atoms in total. The molecule has 0 amide bonds. The largest absolute Gasteiger partial charge is 0.423 e. The predicted octanol–water partition coefficient (Wildman–Crippen LogP) is 4.56. The first kappa shape index (κ1) is 34.3. The van der Waals surface area contributed by atoms with Crippen LogP contribution in [0, 0.1) is 18.6 Å². The van der Waals surface area contributed by atoms with Gasteiger partial charge in [-0.3, -0.25) is 23.5 Å². The topological polar surface area (TPSA) is 137 Å². The van der Waals surface area contributed by atoms with Crippen LogP contribution in [-0.2, 0) is 14.4 Å². The Balaban J connectivity index is 0.000000197. The molecule has 0 unspecified atom stereocenters. The lowest BCUT2D eigenvalue weighted by atomic mass is 10.2. The highest BCUT2D eigenvalue weighted by molar-refractivity contribution is 7.22. The predicted molar refractivity (Wildman–Crippen MR) is 175 cm³/mol. The summed E-state index contributed by atoms with van der Waals surface area (Å²) in [6, 6.07) is 14.6. The first-order chi connectivity index (χ1) is 22.4. The van der Waals surface area contributed by atoms with E-state index < -0.39 is 11.4 Å². The standard InChI is InChI=1S/C15H12FN3O3S.C15H14FN3OS.CO2/c1-18(2)15-17-11-7-12(22-8-20)13(21)19(14(11)23-15)10-5-3-9(16)4-6-10;1-9-8-12-14(21-15(17-12)18(2)3)19(13(9)20)11-6-4-10(16)5-7-11;2-1-3/h3-8H,1-2H3;4-8H,1-3H3;. The molecule has 0 spiro atoms. The van der Waals surface area contributed by atoms with E-state index in [1.807, 2.05) is 38.0 Å². The number of benzene rings is 2. The van der Waals surface area contributed by atoms with Gasteiger partial charge in [0.1, 0.15) is 32.3 Å². The number of aromatic nitrogens is 4. The number of thiazole rings is 2. The number of fused-ring (bicyclic) bond motifs is 2. The number of halogens is 2. The van der Waals surface area contributed by atoms with Crippen LogP contribution in [0.5, 0.6) is 5.75 Å². The summed E-state index contributed by atoms with van der Waals surface area (Å²) in [7, 11) is 7.48. The van der Waals surface area contributed by atoms with E-state index in [0.717, 1.165) is 15.5 Å². The third-order valence-corrected chi connectivity index (χ3v) is 8.79. The smallest absolute Gasteiger partial charge is 0.373 e. The fourth-order valence-electron chi connectivity index (χ4n) is 4.23. The molecule has 4 aromatic heterocycles. The van der Waals surface area contributed by atoms with Gasteiger partial charge < -0.3 is 14.5 Å². The van der Waals surface area contributed by atoms with Crippen LogP contribution in [0.4, 0.5) is 19.0 Å². The molecule has 242 valence electrons. The summed E-state index contributed by atoms with van der Waals surface area (Å²) >= 11 is 2.75. The number of hydrogen-bond acceptors (Lipinski definition) is 12. The highest BCUT2D eigenvalue weighted by Gasteiger charge is 2.18. The van der Waals surface area contributed by atoms with Gasteiger partial charge in [0.15, 0.2) is 16.0 Å².